The molecule has 0 bridgehead atoms. The molecular formula is C28H34N2. The lowest BCUT2D eigenvalue weighted by atomic mass is 9.80. The summed E-state index contributed by atoms with van der Waals surface area (Å²) in [6, 6.07) is 17.9. The van der Waals surface area contributed by atoms with Crippen molar-refractivity contribution < 1.29 is 0 Å². The van der Waals surface area contributed by atoms with Crippen molar-refractivity contribution in [1.82, 2.24) is 9.97 Å². The average Bonchev–Trinajstić information content (AvgIpc) is 2.78. The van der Waals surface area contributed by atoms with Gasteiger partial charge in [-0.05, 0) is 71.8 Å². The van der Waals surface area contributed by atoms with Gasteiger partial charge in [-0.15, -0.1) is 0 Å². The van der Waals surface area contributed by atoms with Gasteiger partial charge in [-0.1, -0.05) is 75.2 Å². The van der Waals surface area contributed by atoms with Crippen LogP contribution < -0.4 is 0 Å². The van der Waals surface area contributed by atoms with Crippen molar-refractivity contribution in [3.63, 3.8) is 0 Å². The summed E-state index contributed by atoms with van der Waals surface area (Å²) in [4.78, 5) is 9.30. The minimum absolute atomic E-state index is 0.798. The molecule has 2 aromatic carbocycles. The summed E-state index contributed by atoms with van der Waals surface area (Å²) in [5, 5.41) is 0. The van der Waals surface area contributed by atoms with E-state index in [-0.39, 0.29) is 0 Å². The summed E-state index contributed by atoms with van der Waals surface area (Å²) in [7, 11) is 0. The Balaban J connectivity index is 1.30. The Labute approximate surface area is 181 Å². The molecule has 156 valence electrons. The molecule has 1 fully saturated rings. The maximum atomic E-state index is 4.65. The molecule has 0 radical (unpaired) electrons. The second-order valence-corrected chi connectivity index (χ2v) is 9.18. The topological polar surface area (TPSA) is 25.8 Å². The zero-order chi connectivity index (χ0) is 20.8. The molecule has 1 aromatic heterocycles. The first kappa shape index (κ1) is 20.8. The standard InChI is InChI=1S/C28H34N2/c1-3-22-8-10-24(11-9-22)16-25-12-14-26(15-13-25)18-28-29-19-27(20-30-28)17-23-6-4-21(2)5-7-23/h8-15,19-21,23H,3-7,16-18H2,1-2H3. The van der Waals surface area contributed by atoms with Gasteiger partial charge in [0, 0.05) is 18.8 Å². The highest BCUT2D eigenvalue weighted by Crippen LogP contribution is 2.30. The predicted molar refractivity (Wildman–Crippen MR) is 125 cm³/mol. The van der Waals surface area contributed by atoms with Gasteiger partial charge in [-0.2, -0.15) is 0 Å². The van der Waals surface area contributed by atoms with Crippen LogP contribution in [0.25, 0.3) is 0 Å². The van der Waals surface area contributed by atoms with Crippen LogP contribution in [-0.2, 0) is 25.7 Å². The van der Waals surface area contributed by atoms with E-state index < -0.39 is 0 Å². The first-order valence-corrected chi connectivity index (χ1v) is 11.6. The fourth-order valence-corrected chi connectivity index (χ4v) is 4.53. The van der Waals surface area contributed by atoms with Crippen LogP contribution in [0.3, 0.4) is 0 Å². The Kier molecular flexibility index (Phi) is 6.94. The third-order valence-electron chi connectivity index (χ3n) is 6.64. The van der Waals surface area contributed by atoms with Crippen LogP contribution in [0.2, 0.25) is 0 Å². The first-order valence-electron chi connectivity index (χ1n) is 11.6. The van der Waals surface area contributed by atoms with Crippen LogP contribution in [0.15, 0.2) is 60.9 Å². The smallest absolute Gasteiger partial charge is 0.132 e. The minimum atomic E-state index is 0.798. The highest BCUT2D eigenvalue weighted by molar-refractivity contribution is 5.31. The third kappa shape index (κ3) is 5.78. The second kappa shape index (κ2) is 10.0. The van der Waals surface area contributed by atoms with Gasteiger partial charge in [0.25, 0.3) is 0 Å². The number of hydrogen-bond donors (Lipinski definition) is 0. The van der Waals surface area contributed by atoms with Gasteiger partial charge in [0.05, 0.1) is 0 Å². The molecule has 0 N–H and O–H groups in total. The summed E-state index contributed by atoms with van der Waals surface area (Å²) in [5.74, 6) is 2.65. The Hall–Kier alpha value is -2.48. The van der Waals surface area contributed by atoms with Gasteiger partial charge >= 0.3 is 0 Å². The largest absolute Gasteiger partial charge is 0.241 e. The third-order valence-corrected chi connectivity index (χ3v) is 6.64. The average molecular weight is 399 g/mol. The van der Waals surface area contributed by atoms with Gasteiger partial charge < -0.3 is 0 Å². The first-order chi connectivity index (χ1) is 14.7. The van der Waals surface area contributed by atoms with Crippen molar-refractivity contribution in [3.8, 4) is 0 Å². The summed E-state index contributed by atoms with van der Waals surface area (Å²) in [5.41, 5.74) is 6.68. The fourth-order valence-electron chi connectivity index (χ4n) is 4.53. The molecule has 0 spiro atoms. The summed E-state index contributed by atoms with van der Waals surface area (Å²) in [6.45, 7) is 4.58. The van der Waals surface area contributed by atoms with Crippen molar-refractivity contribution in [2.24, 2.45) is 11.8 Å². The van der Waals surface area contributed by atoms with E-state index in [1.54, 1.807) is 0 Å². The van der Waals surface area contributed by atoms with Crippen LogP contribution in [0.5, 0.6) is 0 Å². The van der Waals surface area contributed by atoms with E-state index in [2.05, 4.69) is 84.7 Å². The maximum absolute atomic E-state index is 4.65. The summed E-state index contributed by atoms with van der Waals surface area (Å²) in [6.07, 6.45) is 13.6. The molecule has 30 heavy (non-hydrogen) atoms. The number of nitrogens with zero attached hydrogens (tertiary/aromatic N) is 2. The SMILES string of the molecule is CCc1ccc(Cc2ccc(Cc3ncc(CC4CCC(C)CC4)cn3)cc2)cc1. The Morgan fingerprint density at radius 1 is 0.667 bits per heavy atom. The highest BCUT2D eigenvalue weighted by atomic mass is 14.9. The lowest BCUT2D eigenvalue weighted by molar-refractivity contribution is 0.288. The van der Waals surface area contributed by atoms with Crippen LogP contribution >= 0.6 is 0 Å². The maximum Gasteiger partial charge on any atom is 0.132 e. The van der Waals surface area contributed by atoms with E-state index in [0.717, 1.165) is 43.3 Å². The van der Waals surface area contributed by atoms with E-state index in [9.17, 15) is 0 Å². The van der Waals surface area contributed by atoms with Crippen molar-refractivity contribution in [2.75, 3.05) is 0 Å². The summed E-state index contributed by atoms with van der Waals surface area (Å²) < 4.78 is 0. The van der Waals surface area contributed by atoms with Crippen molar-refractivity contribution >= 4 is 0 Å². The molecule has 0 aliphatic heterocycles. The minimum Gasteiger partial charge on any atom is -0.241 e. The molecule has 1 aliphatic rings. The molecule has 0 unspecified atom stereocenters. The van der Waals surface area contributed by atoms with Gasteiger partial charge in [-0.25, -0.2) is 9.97 Å². The normalized spacial score (nSPS) is 19.0. The lowest BCUT2D eigenvalue weighted by Crippen LogP contribution is -2.14. The van der Waals surface area contributed by atoms with E-state index >= 15 is 0 Å². The molecule has 0 atom stereocenters. The number of aromatic nitrogens is 2. The van der Waals surface area contributed by atoms with Crippen LogP contribution in [0.4, 0.5) is 0 Å². The van der Waals surface area contributed by atoms with Crippen molar-refractivity contribution in [2.45, 2.75) is 65.2 Å². The van der Waals surface area contributed by atoms with Crippen LogP contribution in [0.1, 0.15) is 73.2 Å². The Morgan fingerprint density at radius 3 is 1.70 bits per heavy atom. The zero-order valence-corrected chi connectivity index (χ0v) is 18.5. The van der Waals surface area contributed by atoms with Crippen molar-refractivity contribution in [1.29, 1.82) is 0 Å². The van der Waals surface area contributed by atoms with Gasteiger partial charge in [0.1, 0.15) is 5.82 Å². The fraction of sp³-hybridized carbons (Fsp3) is 0.429. The molecule has 4 rings (SSSR count). The zero-order valence-electron chi connectivity index (χ0n) is 18.5. The lowest BCUT2D eigenvalue weighted by Gasteiger charge is -2.25. The second-order valence-electron chi connectivity index (χ2n) is 9.18. The molecule has 1 saturated carbocycles. The Bertz CT molecular complexity index is 902. The van der Waals surface area contributed by atoms with Gasteiger partial charge in [0.2, 0.25) is 0 Å². The molecule has 1 aliphatic carbocycles. The predicted octanol–water partition coefficient (Wildman–Crippen LogP) is 6.59. The van der Waals surface area contributed by atoms with Gasteiger partial charge in [0.15, 0.2) is 0 Å². The van der Waals surface area contributed by atoms with Crippen LogP contribution in [0, 0.1) is 11.8 Å². The van der Waals surface area contributed by atoms with E-state index in [4.69, 9.17) is 0 Å². The molecule has 0 saturated heterocycles. The molecular weight excluding hydrogens is 364 g/mol. The number of rotatable bonds is 7. The monoisotopic (exact) mass is 398 g/mol. The Morgan fingerprint density at radius 2 is 1.17 bits per heavy atom. The number of hydrogen-bond acceptors (Lipinski definition) is 2. The number of benzene rings is 2. The van der Waals surface area contributed by atoms with Gasteiger partial charge in [-0.3, -0.25) is 0 Å². The molecule has 1 heterocycles. The summed E-state index contributed by atoms with van der Waals surface area (Å²) >= 11 is 0. The van der Waals surface area contributed by atoms with Crippen molar-refractivity contribution in [3.05, 3.63) is 94.6 Å². The van der Waals surface area contributed by atoms with E-state index in [1.807, 2.05) is 0 Å². The molecule has 3 aromatic rings. The molecule has 0 amide bonds. The number of aryl methyl sites for hydroxylation is 1. The molecule has 2 heteroatoms. The quantitative estimate of drug-likeness (QED) is 0.449. The molecule has 2 nitrogen and oxygen atoms in total. The van der Waals surface area contributed by atoms with E-state index in [1.165, 1.54) is 53.5 Å². The highest BCUT2D eigenvalue weighted by Gasteiger charge is 2.18. The van der Waals surface area contributed by atoms with Crippen LogP contribution in [-0.4, -0.2) is 9.97 Å². The van der Waals surface area contributed by atoms with E-state index in [0.29, 0.717) is 0 Å².